The molecule has 3 heteroatoms. The molecule has 1 aromatic carbocycles. The monoisotopic (exact) mass is 243 g/mol. The Bertz CT molecular complexity index is 536. The summed E-state index contributed by atoms with van der Waals surface area (Å²) in [7, 11) is 0. The highest BCUT2D eigenvalue weighted by Gasteiger charge is 2.24. The van der Waals surface area contributed by atoms with E-state index in [0.717, 1.165) is 11.3 Å². The predicted molar refractivity (Wildman–Crippen MR) is 73.4 cm³/mol. The number of benzene rings is 1. The highest BCUT2D eigenvalue weighted by molar-refractivity contribution is 5.93. The average molecular weight is 243 g/mol. The van der Waals surface area contributed by atoms with Gasteiger partial charge >= 0.3 is 5.97 Å². The van der Waals surface area contributed by atoms with Crippen LogP contribution in [0.5, 0.6) is 0 Å². The molecule has 0 aromatic heterocycles. The maximum Gasteiger partial charge on any atom is 0.337 e. The Hall–Kier alpha value is -2.03. The number of nitrogens with zero attached hydrogens (tertiary/aromatic N) is 1. The van der Waals surface area contributed by atoms with Crippen LogP contribution >= 0.6 is 0 Å². The second-order valence-electron chi connectivity index (χ2n) is 5.32. The molecule has 2 rings (SSSR count). The Balaban J connectivity index is 2.61. The molecule has 1 aliphatic rings. The Labute approximate surface area is 107 Å². The summed E-state index contributed by atoms with van der Waals surface area (Å²) in [5.74, 6) is -0.909. The first-order chi connectivity index (χ1) is 8.39. The first-order valence-corrected chi connectivity index (χ1v) is 5.91. The van der Waals surface area contributed by atoms with Crippen molar-refractivity contribution in [2.24, 2.45) is 0 Å². The first-order valence-electron chi connectivity index (χ1n) is 5.91. The number of hydrogen-bond donors (Lipinski definition) is 1. The van der Waals surface area contributed by atoms with E-state index < -0.39 is 5.97 Å². The van der Waals surface area contributed by atoms with Gasteiger partial charge in [0.1, 0.15) is 0 Å². The van der Waals surface area contributed by atoms with Crippen LogP contribution in [0.2, 0.25) is 0 Å². The van der Waals surface area contributed by atoms with Gasteiger partial charge in [0.05, 0.1) is 5.57 Å². The number of carbonyl (C=O) groups is 1. The third kappa shape index (κ3) is 2.30. The van der Waals surface area contributed by atoms with Gasteiger partial charge in [-0.25, -0.2) is 4.79 Å². The number of fused-ring (bicyclic) bond motifs is 1. The Kier molecular flexibility index (Phi) is 2.99. The molecule has 0 amide bonds. The first kappa shape index (κ1) is 12.4. The van der Waals surface area contributed by atoms with Crippen molar-refractivity contribution >= 4 is 17.7 Å². The van der Waals surface area contributed by atoms with Gasteiger partial charge in [-0.05, 0) is 38.5 Å². The van der Waals surface area contributed by atoms with Crippen LogP contribution in [0.25, 0.3) is 6.08 Å². The molecule has 0 spiro atoms. The highest BCUT2D eigenvalue weighted by Crippen LogP contribution is 2.31. The van der Waals surface area contributed by atoms with Crippen LogP contribution in [0.15, 0.2) is 42.1 Å². The molecule has 0 radical (unpaired) electrons. The molecule has 1 aliphatic heterocycles. The van der Waals surface area contributed by atoms with Crippen molar-refractivity contribution in [2.75, 3.05) is 4.90 Å². The van der Waals surface area contributed by atoms with Crippen LogP contribution in [0.3, 0.4) is 0 Å². The Morgan fingerprint density at radius 3 is 2.44 bits per heavy atom. The van der Waals surface area contributed by atoms with Crippen LogP contribution < -0.4 is 4.90 Å². The molecule has 0 unspecified atom stereocenters. The summed E-state index contributed by atoms with van der Waals surface area (Å²) >= 11 is 0. The summed E-state index contributed by atoms with van der Waals surface area (Å²) in [6.07, 6.45) is 5.19. The van der Waals surface area contributed by atoms with E-state index in [9.17, 15) is 9.90 Å². The maximum atomic E-state index is 11.2. The minimum atomic E-state index is -0.909. The molecule has 1 heterocycles. The van der Waals surface area contributed by atoms with Crippen LogP contribution in [0.4, 0.5) is 5.69 Å². The van der Waals surface area contributed by atoms with Crippen molar-refractivity contribution in [3.8, 4) is 0 Å². The number of para-hydroxylation sites is 1. The zero-order valence-electron chi connectivity index (χ0n) is 10.8. The van der Waals surface area contributed by atoms with Gasteiger partial charge in [-0.1, -0.05) is 24.3 Å². The van der Waals surface area contributed by atoms with E-state index in [1.165, 1.54) is 0 Å². The summed E-state index contributed by atoms with van der Waals surface area (Å²) < 4.78 is 0. The van der Waals surface area contributed by atoms with E-state index in [2.05, 4.69) is 20.8 Å². The van der Waals surface area contributed by atoms with Crippen molar-refractivity contribution in [3.05, 3.63) is 47.7 Å². The van der Waals surface area contributed by atoms with E-state index >= 15 is 0 Å². The standard InChI is InChI=1S/C15H17NO2/c1-15(2,3)16-10-12(14(17)18)9-8-11-6-4-5-7-13(11)16/h4-10H,1-3H3,(H,17,18). The SMILES string of the molecule is CC(C)(C)N1C=C(C(=O)O)C=Cc2ccccc21. The van der Waals surface area contributed by atoms with Crippen molar-refractivity contribution in [3.63, 3.8) is 0 Å². The van der Waals surface area contributed by atoms with E-state index in [1.807, 2.05) is 35.2 Å². The fraction of sp³-hybridized carbons (Fsp3) is 0.267. The third-order valence-corrected chi connectivity index (χ3v) is 2.88. The molecule has 0 saturated heterocycles. The second-order valence-corrected chi connectivity index (χ2v) is 5.32. The summed E-state index contributed by atoms with van der Waals surface area (Å²) in [6, 6.07) is 7.91. The van der Waals surface area contributed by atoms with E-state index in [-0.39, 0.29) is 5.54 Å². The molecule has 94 valence electrons. The lowest BCUT2D eigenvalue weighted by Gasteiger charge is -2.35. The molecule has 0 fully saturated rings. The van der Waals surface area contributed by atoms with Crippen molar-refractivity contribution < 1.29 is 9.90 Å². The average Bonchev–Trinajstić information content (AvgIpc) is 2.47. The van der Waals surface area contributed by atoms with Crippen LogP contribution in [0, 0.1) is 0 Å². The van der Waals surface area contributed by atoms with Gasteiger partial charge in [-0.3, -0.25) is 0 Å². The fourth-order valence-corrected chi connectivity index (χ4v) is 1.96. The summed E-state index contributed by atoms with van der Waals surface area (Å²) in [6.45, 7) is 6.18. The molecule has 18 heavy (non-hydrogen) atoms. The van der Waals surface area contributed by atoms with Gasteiger partial charge in [0, 0.05) is 17.4 Å². The molecule has 1 aromatic rings. The Morgan fingerprint density at radius 1 is 1.17 bits per heavy atom. The van der Waals surface area contributed by atoms with E-state index in [0.29, 0.717) is 5.57 Å². The van der Waals surface area contributed by atoms with E-state index in [4.69, 9.17) is 0 Å². The topological polar surface area (TPSA) is 40.5 Å². The van der Waals surface area contributed by atoms with Gasteiger partial charge in [0.15, 0.2) is 0 Å². The number of hydrogen-bond acceptors (Lipinski definition) is 2. The van der Waals surface area contributed by atoms with Gasteiger partial charge in [0.2, 0.25) is 0 Å². The number of anilines is 1. The molecule has 0 bridgehead atoms. The third-order valence-electron chi connectivity index (χ3n) is 2.88. The highest BCUT2D eigenvalue weighted by atomic mass is 16.4. The normalized spacial score (nSPS) is 14.8. The van der Waals surface area contributed by atoms with Gasteiger partial charge in [-0.2, -0.15) is 0 Å². The number of rotatable bonds is 1. The zero-order valence-corrected chi connectivity index (χ0v) is 10.8. The van der Waals surface area contributed by atoms with Gasteiger partial charge < -0.3 is 10.0 Å². The zero-order chi connectivity index (χ0) is 13.3. The molecule has 3 nitrogen and oxygen atoms in total. The van der Waals surface area contributed by atoms with E-state index in [1.54, 1.807) is 12.3 Å². The number of carboxylic acid groups (broad SMARTS) is 1. The number of carboxylic acids is 1. The van der Waals surface area contributed by atoms with Gasteiger partial charge in [-0.15, -0.1) is 0 Å². The molecule has 0 aliphatic carbocycles. The molecule has 0 saturated carbocycles. The maximum absolute atomic E-state index is 11.2. The van der Waals surface area contributed by atoms with Crippen LogP contribution in [0.1, 0.15) is 26.3 Å². The smallest absolute Gasteiger partial charge is 0.337 e. The van der Waals surface area contributed by atoms with Crippen molar-refractivity contribution in [1.29, 1.82) is 0 Å². The quantitative estimate of drug-likeness (QED) is 0.822. The predicted octanol–water partition coefficient (Wildman–Crippen LogP) is 3.29. The van der Waals surface area contributed by atoms with Crippen molar-refractivity contribution in [1.82, 2.24) is 0 Å². The molecular formula is C15H17NO2. The molecular weight excluding hydrogens is 226 g/mol. The summed E-state index contributed by atoms with van der Waals surface area (Å²) in [4.78, 5) is 13.2. The number of aliphatic carboxylic acids is 1. The summed E-state index contributed by atoms with van der Waals surface area (Å²) in [5, 5.41) is 9.18. The fourth-order valence-electron chi connectivity index (χ4n) is 1.96. The minimum absolute atomic E-state index is 0.178. The lowest BCUT2D eigenvalue weighted by atomic mass is 10.0. The largest absolute Gasteiger partial charge is 0.478 e. The molecule has 1 N–H and O–H groups in total. The molecule has 0 atom stereocenters. The Morgan fingerprint density at radius 2 is 1.83 bits per heavy atom. The van der Waals surface area contributed by atoms with Crippen LogP contribution in [-0.2, 0) is 4.79 Å². The minimum Gasteiger partial charge on any atom is -0.478 e. The summed E-state index contributed by atoms with van der Waals surface area (Å²) in [5.41, 5.74) is 2.17. The van der Waals surface area contributed by atoms with Gasteiger partial charge in [0.25, 0.3) is 0 Å². The van der Waals surface area contributed by atoms with Crippen LogP contribution in [-0.4, -0.2) is 16.6 Å². The lowest BCUT2D eigenvalue weighted by Crippen LogP contribution is -2.38. The second kappa shape index (κ2) is 4.33. The lowest BCUT2D eigenvalue weighted by molar-refractivity contribution is -0.132. The van der Waals surface area contributed by atoms with Crippen molar-refractivity contribution in [2.45, 2.75) is 26.3 Å².